The van der Waals surface area contributed by atoms with Gasteiger partial charge in [-0.1, -0.05) is 37.3 Å². The van der Waals surface area contributed by atoms with Crippen molar-refractivity contribution in [3.8, 4) is 0 Å². The lowest BCUT2D eigenvalue weighted by Crippen LogP contribution is -2.21. The molecule has 0 aliphatic carbocycles. The summed E-state index contributed by atoms with van der Waals surface area (Å²) in [6.07, 6.45) is 2.43. The standard InChI is InChI=1S/C21H27N3O3S/c1-4-28(25,26)21-22-14-19(15-23(3)16-20-11-10-17(2)27-20)24(21)13-12-18-8-6-5-7-9-18/h5-11,14H,4,12-13,15-16H2,1-3H3. The molecule has 0 saturated carbocycles. The second kappa shape index (κ2) is 8.75. The van der Waals surface area contributed by atoms with Crippen molar-refractivity contribution in [2.75, 3.05) is 12.8 Å². The van der Waals surface area contributed by atoms with Crippen LogP contribution in [-0.2, 0) is 35.9 Å². The molecule has 7 heteroatoms. The van der Waals surface area contributed by atoms with E-state index in [1.165, 1.54) is 5.56 Å². The zero-order valence-corrected chi connectivity index (χ0v) is 17.4. The van der Waals surface area contributed by atoms with Gasteiger partial charge in [0.2, 0.25) is 15.0 Å². The molecule has 0 aliphatic heterocycles. The molecule has 2 aromatic heterocycles. The maximum Gasteiger partial charge on any atom is 0.227 e. The van der Waals surface area contributed by atoms with Crippen molar-refractivity contribution in [3.05, 3.63) is 71.4 Å². The van der Waals surface area contributed by atoms with Crippen LogP contribution in [0, 0.1) is 6.92 Å². The van der Waals surface area contributed by atoms with Crippen LogP contribution in [0.25, 0.3) is 0 Å². The first kappa shape index (κ1) is 20.4. The summed E-state index contributed by atoms with van der Waals surface area (Å²) in [7, 11) is -1.40. The van der Waals surface area contributed by atoms with Gasteiger partial charge in [0, 0.05) is 13.1 Å². The average Bonchev–Trinajstić information content (AvgIpc) is 3.27. The molecule has 150 valence electrons. The summed E-state index contributed by atoms with van der Waals surface area (Å²) in [5, 5.41) is 0.156. The Morgan fingerprint density at radius 3 is 2.50 bits per heavy atom. The topological polar surface area (TPSA) is 68.3 Å². The number of hydrogen-bond donors (Lipinski definition) is 0. The predicted octanol–water partition coefficient (Wildman–Crippen LogP) is 3.45. The highest BCUT2D eigenvalue weighted by molar-refractivity contribution is 7.91. The minimum atomic E-state index is -3.39. The van der Waals surface area contributed by atoms with Crippen LogP contribution in [-0.4, -0.2) is 35.7 Å². The molecule has 0 N–H and O–H groups in total. The summed E-state index contributed by atoms with van der Waals surface area (Å²) in [6, 6.07) is 14.0. The third-order valence-electron chi connectivity index (χ3n) is 4.68. The summed E-state index contributed by atoms with van der Waals surface area (Å²) < 4.78 is 32.5. The van der Waals surface area contributed by atoms with Gasteiger partial charge in [-0.05, 0) is 38.1 Å². The van der Waals surface area contributed by atoms with Crippen LogP contribution in [0.3, 0.4) is 0 Å². The van der Waals surface area contributed by atoms with Crippen LogP contribution < -0.4 is 0 Å². The first-order valence-corrected chi connectivity index (χ1v) is 11.1. The minimum absolute atomic E-state index is 0.0380. The third-order valence-corrected chi connectivity index (χ3v) is 6.32. The molecule has 6 nitrogen and oxygen atoms in total. The molecule has 0 radical (unpaired) electrons. The molecule has 0 amide bonds. The second-order valence-electron chi connectivity index (χ2n) is 7.01. The van der Waals surface area contributed by atoms with Crippen LogP contribution in [0.4, 0.5) is 0 Å². The normalized spacial score (nSPS) is 12.0. The smallest absolute Gasteiger partial charge is 0.227 e. The van der Waals surface area contributed by atoms with Crippen LogP contribution >= 0.6 is 0 Å². The number of aryl methyl sites for hydroxylation is 2. The number of hydrogen-bond acceptors (Lipinski definition) is 5. The van der Waals surface area contributed by atoms with Crippen LogP contribution in [0.5, 0.6) is 0 Å². The number of nitrogens with zero attached hydrogens (tertiary/aromatic N) is 3. The zero-order valence-electron chi connectivity index (χ0n) is 16.6. The molecule has 28 heavy (non-hydrogen) atoms. The van der Waals surface area contributed by atoms with E-state index in [1.54, 1.807) is 13.1 Å². The molecular formula is C21H27N3O3S. The number of imidazole rings is 1. The summed E-state index contributed by atoms with van der Waals surface area (Å²) in [5.74, 6) is 1.81. The van der Waals surface area contributed by atoms with Gasteiger partial charge in [0.05, 0.1) is 24.2 Å². The van der Waals surface area contributed by atoms with E-state index in [0.29, 0.717) is 19.6 Å². The Morgan fingerprint density at radius 1 is 1.11 bits per heavy atom. The fourth-order valence-electron chi connectivity index (χ4n) is 3.19. The Morgan fingerprint density at radius 2 is 1.86 bits per heavy atom. The molecule has 0 saturated heterocycles. The molecule has 2 heterocycles. The van der Waals surface area contributed by atoms with Crippen LogP contribution in [0.2, 0.25) is 0 Å². The number of rotatable bonds is 9. The Bertz CT molecular complexity index is 1010. The first-order valence-electron chi connectivity index (χ1n) is 9.44. The fourth-order valence-corrected chi connectivity index (χ4v) is 4.20. The fraction of sp³-hybridized carbons (Fsp3) is 0.381. The Balaban J connectivity index is 1.81. The molecule has 3 aromatic rings. The quantitative estimate of drug-likeness (QED) is 0.549. The number of furan rings is 1. The Kier molecular flexibility index (Phi) is 6.36. The van der Waals surface area contributed by atoms with E-state index in [0.717, 1.165) is 23.6 Å². The van der Waals surface area contributed by atoms with Crippen LogP contribution in [0.15, 0.2) is 58.2 Å². The number of sulfone groups is 1. The lowest BCUT2D eigenvalue weighted by molar-refractivity contribution is 0.277. The zero-order chi connectivity index (χ0) is 20.1. The second-order valence-corrected chi connectivity index (χ2v) is 9.18. The van der Waals surface area contributed by atoms with Crippen molar-refractivity contribution in [1.29, 1.82) is 0 Å². The lowest BCUT2D eigenvalue weighted by Gasteiger charge is -2.18. The van der Waals surface area contributed by atoms with Crippen molar-refractivity contribution in [3.63, 3.8) is 0 Å². The number of benzene rings is 1. The highest BCUT2D eigenvalue weighted by Crippen LogP contribution is 2.17. The van der Waals surface area contributed by atoms with Gasteiger partial charge in [-0.15, -0.1) is 0 Å². The first-order chi connectivity index (χ1) is 13.4. The number of aromatic nitrogens is 2. The van der Waals surface area contributed by atoms with Gasteiger partial charge in [0.25, 0.3) is 0 Å². The summed E-state index contributed by atoms with van der Waals surface area (Å²) >= 11 is 0. The highest BCUT2D eigenvalue weighted by atomic mass is 32.2. The Hall–Kier alpha value is -2.38. The van der Waals surface area contributed by atoms with Gasteiger partial charge in [-0.3, -0.25) is 4.90 Å². The highest BCUT2D eigenvalue weighted by Gasteiger charge is 2.22. The van der Waals surface area contributed by atoms with Crippen LogP contribution in [0.1, 0.15) is 29.7 Å². The molecular weight excluding hydrogens is 374 g/mol. The van der Waals surface area contributed by atoms with Crippen molar-refractivity contribution in [2.24, 2.45) is 0 Å². The minimum Gasteiger partial charge on any atom is -0.465 e. The SMILES string of the molecule is CCS(=O)(=O)c1ncc(CN(C)Cc2ccc(C)o2)n1CCc1ccccc1. The van der Waals surface area contributed by atoms with Gasteiger partial charge in [-0.2, -0.15) is 0 Å². The van der Waals surface area contributed by atoms with Crippen molar-refractivity contribution in [2.45, 2.75) is 45.1 Å². The van der Waals surface area contributed by atoms with E-state index in [9.17, 15) is 8.42 Å². The summed E-state index contributed by atoms with van der Waals surface area (Å²) in [5.41, 5.74) is 2.05. The molecule has 0 aliphatic rings. The van der Waals surface area contributed by atoms with Gasteiger partial charge >= 0.3 is 0 Å². The maximum absolute atomic E-state index is 12.5. The van der Waals surface area contributed by atoms with E-state index < -0.39 is 9.84 Å². The average molecular weight is 402 g/mol. The lowest BCUT2D eigenvalue weighted by atomic mass is 10.1. The third kappa shape index (κ3) is 4.91. The molecule has 3 rings (SSSR count). The Labute approximate surface area is 166 Å². The van der Waals surface area contributed by atoms with Gasteiger partial charge in [0.1, 0.15) is 11.5 Å². The molecule has 0 bridgehead atoms. The van der Waals surface area contributed by atoms with E-state index >= 15 is 0 Å². The van der Waals surface area contributed by atoms with Gasteiger partial charge in [0.15, 0.2) is 0 Å². The maximum atomic E-state index is 12.5. The monoisotopic (exact) mass is 401 g/mol. The molecule has 0 atom stereocenters. The van der Waals surface area contributed by atoms with Gasteiger partial charge in [-0.25, -0.2) is 13.4 Å². The van der Waals surface area contributed by atoms with Crippen molar-refractivity contribution < 1.29 is 12.8 Å². The summed E-state index contributed by atoms with van der Waals surface area (Å²) in [6.45, 7) is 5.37. The van der Waals surface area contributed by atoms with E-state index in [2.05, 4.69) is 22.0 Å². The van der Waals surface area contributed by atoms with Crippen molar-refractivity contribution >= 4 is 9.84 Å². The predicted molar refractivity (Wildman–Crippen MR) is 109 cm³/mol. The van der Waals surface area contributed by atoms with E-state index in [1.807, 2.05) is 48.9 Å². The molecule has 1 aromatic carbocycles. The molecule has 0 spiro atoms. The van der Waals surface area contributed by atoms with Gasteiger partial charge < -0.3 is 8.98 Å². The van der Waals surface area contributed by atoms with Crippen molar-refractivity contribution in [1.82, 2.24) is 14.5 Å². The summed E-state index contributed by atoms with van der Waals surface area (Å²) in [4.78, 5) is 6.35. The molecule has 0 fully saturated rings. The van der Waals surface area contributed by atoms with E-state index in [4.69, 9.17) is 4.42 Å². The molecule has 0 unspecified atom stereocenters. The van der Waals surface area contributed by atoms with E-state index in [-0.39, 0.29) is 10.9 Å². The largest absolute Gasteiger partial charge is 0.465 e.